The highest BCUT2D eigenvalue weighted by Crippen LogP contribution is 2.32. The Hall–Kier alpha value is -2.51. The Kier molecular flexibility index (Phi) is 3.39. The van der Waals surface area contributed by atoms with Crippen LogP contribution in [-0.4, -0.2) is 16.1 Å². The van der Waals surface area contributed by atoms with Crippen molar-refractivity contribution >= 4 is 17.4 Å². The summed E-state index contributed by atoms with van der Waals surface area (Å²) in [6, 6.07) is 4.42. The van der Waals surface area contributed by atoms with Crippen LogP contribution in [0.3, 0.4) is 0 Å². The monoisotopic (exact) mass is 284 g/mol. The molecule has 106 valence electrons. The highest BCUT2D eigenvalue weighted by atomic mass is 19.4. The molecule has 1 heterocycles. The third-order valence-corrected chi connectivity index (χ3v) is 2.66. The Labute approximate surface area is 112 Å². The Morgan fingerprint density at radius 1 is 1.35 bits per heavy atom. The second-order valence-corrected chi connectivity index (χ2v) is 4.19. The number of hydrogen-bond donors (Lipinski definition) is 3. The van der Waals surface area contributed by atoms with Crippen LogP contribution in [0, 0.1) is 6.92 Å². The van der Waals surface area contributed by atoms with E-state index in [0.717, 1.165) is 12.1 Å². The normalized spacial score (nSPS) is 11.4. The number of nitrogens with zero attached hydrogens (tertiary/aromatic N) is 1. The number of carbonyl (C=O) groups excluding carboxylic acids is 1. The van der Waals surface area contributed by atoms with E-state index in [1.807, 2.05) is 0 Å². The van der Waals surface area contributed by atoms with Crippen molar-refractivity contribution in [2.75, 3.05) is 11.1 Å². The molecule has 8 heteroatoms. The maximum absolute atomic E-state index is 12.6. The lowest BCUT2D eigenvalue weighted by atomic mass is 10.1. The summed E-state index contributed by atoms with van der Waals surface area (Å²) < 4.78 is 37.9. The van der Waals surface area contributed by atoms with Crippen molar-refractivity contribution < 1.29 is 18.0 Å². The lowest BCUT2D eigenvalue weighted by Gasteiger charge is -2.12. The van der Waals surface area contributed by atoms with Crippen molar-refractivity contribution in [1.82, 2.24) is 10.2 Å². The number of rotatable bonds is 2. The second-order valence-electron chi connectivity index (χ2n) is 4.19. The molecule has 5 nitrogen and oxygen atoms in total. The SMILES string of the molecule is Cc1ccc(C(F)(F)F)cc1NC(=O)c1cc(N)n[nH]1. The summed E-state index contributed by atoms with van der Waals surface area (Å²) in [7, 11) is 0. The smallest absolute Gasteiger partial charge is 0.382 e. The van der Waals surface area contributed by atoms with Gasteiger partial charge < -0.3 is 11.1 Å². The molecule has 20 heavy (non-hydrogen) atoms. The first-order valence-corrected chi connectivity index (χ1v) is 5.57. The average Bonchev–Trinajstić information content (AvgIpc) is 2.77. The molecule has 0 saturated carbocycles. The van der Waals surface area contributed by atoms with Gasteiger partial charge in [-0.15, -0.1) is 0 Å². The van der Waals surface area contributed by atoms with Crippen LogP contribution >= 0.6 is 0 Å². The largest absolute Gasteiger partial charge is 0.416 e. The van der Waals surface area contributed by atoms with Crippen molar-refractivity contribution in [3.63, 3.8) is 0 Å². The molecular weight excluding hydrogens is 273 g/mol. The zero-order valence-electron chi connectivity index (χ0n) is 10.4. The quantitative estimate of drug-likeness (QED) is 0.792. The van der Waals surface area contributed by atoms with Crippen molar-refractivity contribution in [2.24, 2.45) is 0 Å². The standard InChI is InChI=1S/C12H11F3N4O/c1-6-2-3-7(12(13,14)15)4-8(6)17-11(20)9-5-10(16)19-18-9/h2-5H,1H3,(H,17,20)(H3,16,18,19). The van der Waals surface area contributed by atoms with Crippen LogP contribution in [0.1, 0.15) is 21.6 Å². The zero-order chi connectivity index (χ0) is 14.9. The molecule has 0 aliphatic heterocycles. The van der Waals surface area contributed by atoms with Gasteiger partial charge in [-0.1, -0.05) is 6.07 Å². The number of amides is 1. The van der Waals surface area contributed by atoms with Crippen molar-refractivity contribution in [3.8, 4) is 0 Å². The molecule has 2 rings (SSSR count). The number of aromatic amines is 1. The maximum atomic E-state index is 12.6. The van der Waals surface area contributed by atoms with Gasteiger partial charge in [0, 0.05) is 11.8 Å². The predicted molar refractivity (Wildman–Crippen MR) is 67.1 cm³/mol. The van der Waals surface area contributed by atoms with E-state index in [4.69, 9.17) is 5.73 Å². The van der Waals surface area contributed by atoms with E-state index in [1.54, 1.807) is 6.92 Å². The summed E-state index contributed by atoms with van der Waals surface area (Å²) in [5, 5.41) is 8.34. The summed E-state index contributed by atoms with van der Waals surface area (Å²) in [6.07, 6.45) is -4.47. The maximum Gasteiger partial charge on any atom is 0.416 e. The first-order valence-electron chi connectivity index (χ1n) is 5.57. The minimum Gasteiger partial charge on any atom is -0.382 e. The topological polar surface area (TPSA) is 83.8 Å². The summed E-state index contributed by atoms with van der Waals surface area (Å²) in [5.41, 5.74) is 5.18. The number of anilines is 2. The summed E-state index contributed by atoms with van der Waals surface area (Å²) in [4.78, 5) is 11.8. The van der Waals surface area contributed by atoms with Crippen LogP contribution in [-0.2, 0) is 6.18 Å². The number of nitrogens with two attached hydrogens (primary N) is 1. The Bertz CT molecular complexity index is 648. The van der Waals surface area contributed by atoms with Gasteiger partial charge in [0.05, 0.1) is 5.56 Å². The molecule has 0 saturated heterocycles. The number of nitrogen functional groups attached to an aromatic ring is 1. The summed E-state index contributed by atoms with van der Waals surface area (Å²) in [6.45, 7) is 1.59. The minimum atomic E-state index is -4.47. The molecule has 1 aromatic heterocycles. The first kappa shape index (κ1) is 13.9. The number of carbonyl (C=O) groups is 1. The summed E-state index contributed by atoms with van der Waals surface area (Å²) in [5.74, 6) is -0.493. The van der Waals surface area contributed by atoms with Crippen LogP contribution in [0.4, 0.5) is 24.7 Å². The molecule has 1 amide bonds. The van der Waals surface area contributed by atoms with Gasteiger partial charge in [-0.25, -0.2) is 0 Å². The molecule has 0 bridgehead atoms. The van der Waals surface area contributed by atoms with Gasteiger partial charge in [-0.2, -0.15) is 18.3 Å². The molecule has 0 spiro atoms. The van der Waals surface area contributed by atoms with Crippen LogP contribution in [0.15, 0.2) is 24.3 Å². The van der Waals surface area contributed by atoms with Gasteiger partial charge in [0.25, 0.3) is 5.91 Å². The van der Waals surface area contributed by atoms with Crippen LogP contribution in [0.2, 0.25) is 0 Å². The minimum absolute atomic E-state index is 0.0688. The van der Waals surface area contributed by atoms with E-state index in [0.29, 0.717) is 5.56 Å². The van der Waals surface area contributed by atoms with E-state index < -0.39 is 17.6 Å². The summed E-state index contributed by atoms with van der Waals surface area (Å²) >= 11 is 0. The van der Waals surface area contributed by atoms with E-state index in [-0.39, 0.29) is 17.2 Å². The van der Waals surface area contributed by atoms with Crippen molar-refractivity contribution in [1.29, 1.82) is 0 Å². The number of aromatic nitrogens is 2. The van der Waals surface area contributed by atoms with Crippen LogP contribution in [0.25, 0.3) is 0 Å². The number of benzene rings is 1. The molecular formula is C12H11F3N4O. The first-order chi connectivity index (χ1) is 9.27. The molecule has 0 aliphatic carbocycles. The highest BCUT2D eigenvalue weighted by molar-refractivity contribution is 6.03. The number of alkyl halides is 3. The average molecular weight is 284 g/mol. The lowest BCUT2D eigenvalue weighted by molar-refractivity contribution is -0.137. The van der Waals surface area contributed by atoms with E-state index in [9.17, 15) is 18.0 Å². The van der Waals surface area contributed by atoms with E-state index >= 15 is 0 Å². The van der Waals surface area contributed by atoms with Crippen molar-refractivity contribution in [3.05, 3.63) is 41.1 Å². The second kappa shape index (κ2) is 4.87. The number of H-pyrrole nitrogens is 1. The molecule has 0 aliphatic rings. The fourth-order valence-electron chi connectivity index (χ4n) is 1.58. The zero-order valence-corrected chi connectivity index (χ0v) is 10.4. The highest BCUT2D eigenvalue weighted by Gasteiger charge is 2.31. The number of hydrogen-bond acceptors (Lipinski definition) is 3. The molecule has 2 aromatic rings. The van der Waals surface area contributed by atoms with Gasteiger partial charge >= 0.3 is 6.18 Å². The fraction of sp³-hybridized carbons (Fsp3) is 0.167. The number of aryl methyl sites for hydroxylation is 1. The van der Waals surface area contributed by atoms with Gasteiger partial charge in [0.1, 0.15) is 11.5 Å². The van der Waals surface area contributed by atoms with Crippen molar-refractivity contribution in [2.45, 2.75) is 13.1 Å². The predicted octanol–water partition coefficient (Wildman–Crippen LogP) is 2.57. The Balaban J connectivity index is 2.27. The third kappa shape index (κ3) is 2.90. The number of nitrogens with one attached hydrogen (secondary N) is 2. The van der Waals surface area contributed by atoms with Crippen LogP contribution < -0.4 is 11.1 Å². The molecule has 0 unspecified atom stereocenters. The molecule has 4 N–H and O–H groups in total. The molecule has 0 fully saturated rings. The van der Waals surface area contributed by atoms with Gasteiger partial charge in [0.15, 0.2) is 0 Å². The Morgan fingerprint density at radius 2 is 2.05 bits per heavy atom. The van der Waals surface area contributed by atoms with Crippen LogP contribution in [0.5, 0.6) is 0 Å². The van der Waals surface area contributed by atoms with E-state index in [2.05, 4.69) is 15.5 Å². The van der Waals surface area contributed by atoms with Gasteiger partial charge in [-0.05, 0) is 24.6 Å². The molecule has 0 atom stereocenters. The van der Waals surface area contributed by atoms with Gasteiger partial charge in [-0.3, -0.25) is 9.89 Å². The van der Waals surface area contributed by atoms with Gasteiger partial charge in [0.2, 0.25) is 0 Å². The Morgan fingerprint density at radius 3 is 2.60 bits per heavy atom. The number of halogens is 3. The third-order valence-electron chi connectivity index (χ3n) is 2.66. The fourth-order valence-corrected chi connectivity index (χ4v) is 1.58. The van der Waals surface area contributed by atoms with E-state index in [1.165, 1.54) is 12.1 Å². The molecule has 1 aromatic carbocycles. The lowest BCUT2D eigenvalue weighted by Crippen LogP contribution is -2.14. The molecule has 0 radical (unpaired) electrons.